The summed E-state index contributed by atoms with van der Waals surface area (Å²) in [5.41, 5.74) is 2.22. The quantitative estimate of drug-likeness (QED) is 0.731. The van der Waals surface area contributed by atoms with Crippen LogP contribution in [0.4, 0.5) is 0 Å². The van der Waals surface area contributed by atoms with Crippen LogP contribution in [0.25, 0.3) is 0 Å². The first-order valence-corrected chi connectivity index (χ1v) is 7.80. The van der Waals surface area contributed by atoms with E-state index >= 15 is 0 Å². The molecule has 0 saturated heterocycles. The minimum Gasteiger partial charge on any atom is -0.497 e. The monoisotopic (exact) mass is 327 g/mol. The second-order valence-electron chi connectivity index (χ2n) is 5.48. The Morgan fingerprint density at radius 2 is 1.62 bits per heavy atom. The molecule has 0 fully saturated rings. The van der Waals surface area contributed by atoms with Gasteiger partial charge in [-0.05, 0) is 48.2 Å². The number of carboxylic acid groups (broad SMARTS) is 1. The van der Waals surface area contributed by atoms with Gasteiger partial charge in [0.15, 0.2) is 0 Å². The summed E-state index contributed by atoms with van der Waals surface area (Å²) in [6.45, 7) is 0.609. The lowest BCUT2D eigenvalue weighted by Gasteiger charge is -2.06. The van der Waals surface area contributed by atoms with Crippen molar-refractivity contribution in [1.29, 1.82) is 0 Å². The van der Waals surface area contributed by atoms with Gasteiger partial charge in [0.2, 0.25) is 5.91 Å². The zero-order chi connectivity index (χ0) is 17.4. The molecule has 0 heterocycles. The summed E-state index contributed by atoms with van der Waals surface area (Å²) in [5, 5.41) is 11.7. The van der Waals surface area contributed by atoms with Crippen LogP contribution in [0, 0.1) is 0 Å². The number of carbonyl (C=O) groups excluding carboxylic acids is 1. The van der Waals surface area contributed by atoms with E-state index < -0.39 is 5.97 Å². The lowest BCUT2D eigenvalue weighted by atomic mass is 10.1. The molecule has 0 aliphatic rings. The van der Waals surface area contributed by atoms with E-state index in [1.165, 1.54) is 17.7 Å². The Labute approximate surface area is 141 Å². The van der Waals surface area contributed by atoms with Crippen molar-refractivity contribution in [3.8, 4) is 5.75 Å². The largest absolute Gasteiger partial charge is 0.497 e. The van der Waals surface area contributed by atoms with E-state index in [0.717, 1.165) is 24.2 Å². The molecule has 2 rings (SSSR count). The number of carboxylic acids is 1. The van der Waals surface area contributed by atoms with Gasteiger partial charge in [-0.15, -0.1) is 0 Å². The molecule has 0 aliphatic heterocycles. The first-order chi connectivity index (χ1) is 11.6. The molecule has 1 amide bonds. The SMILES string of the molecule is COc1ccc(CCCNC(=O)Cc2ccc(C(=O)O)cc2)cc1. The van der Waals surface area contributed by atoms with Crippen molar-refractivity contribution in [2.45, 2.75) is 19.3 Å². The van der Waals surface area contributed by atoms with Gasteiger partial charge in [0.05, 0.1) is 19.1 Å². The lowest BCUT2D eigenvalue weighted by molar-refractivity contribution is -0.120. The number of amides is 1. The number of hydrogen-bond acceptors (Lipinski definition) is 3. The van der Waals surface area contributed by atoms with E-state index in [2.05, 4.69) is 5.32 Å². The van der Waals surface area contributed by atoms with E-state index in [0.29, 0.717) is 6.54 Å². The van der Waals surface area contributed by atoms with Crippen molar-refractivity contribution >= 4 is 11.9 Å². The van der Waals surface area contributed by atoms with E-state index in [1.54, 1.807) is 19.2 Å². The molecule has 24 heavy (non-hydrogen) atoms. The van der Waals surface area contributed by atoms with Gasteiger partial charge >= 0.3 is 5.97 Å². The van der Waals surface area contributed by atoms with E-state index in [4.69, 9.17) is 9.84 Å². The maximum Gasteiger partial charge on any atom is 0.335 e. The highest BCUT2D eigenvalue weighted by Crippen LogP contribution is 2.12. The van der Waals surface area contributed by atoms with Crippen LogP contribution < -0.4 is 10.1 Å². The van der Waals surface area contributed by atoms with Crippen molar-refractivity contribution in [3.63, 3.8) is 0 Å². The van der Waals surface area contributed by atoms with Crippen LogP contribution in [0.3, 0.4) is 0 Å². The van der Waals surface area contributed by atoms with Gasteiger partial charge < -0.3 is 15.2 Å². The predicted molar refractivity (Wildman–Crippen MR) is 91.4 cm³/mol. The number of nitrogens with one attached hydrogen (secondary N) is 1. The first-order valence-electron chi connectivity index (χ1n) is 7.80. The smallest absolute Gasteiger partial charge is 0.335 e. The summed E-state index contributed by atoms with van der Waals surface area (Å²) >= 11 is 0. The summed E-state index contributed by atoms with van der Waals surface area (Å²) in [4.78, 5) is 22.7. The Kier molecular flexibility index (Phi) is 6.37. The summed E-state index contributed by atoms with van der Waals surface area (Å²) in [6.07, 6.45) is 2.00. The number of aromatic carboxylic acids is 1. The number of benzene rings is 2. The average Bonchev–Trinajstić information content (AvgIpc) is 2.59. The van der Waals surface area contributed by atoms with E-state index in [9.17, 15) is 9.59 Å². The molecule has 0 aromatic heterocycles. The summed E-state index contributed by atoms with van der Waals surface area (Å²) in [6, 6.07) is 14.2. The zero-order valence-corrected chi connectivity index (χ0v) is 13.6. The van der Waals surface area contributed by atoms with E-state index in [-0.39, 0.29) is 17.9 Å². The molecule has 0 aliphatic carbocycles. The normalized spacial score (nSPS) is 10.2. The Morgan fingerprint density at radius 1 is 1.00 bits per heavy atom. The standard InChI is InChI=1S/C19H21NO4/c1-24-17-10-6-14(7-11-17)3-2-12-20-18(21)13-15-4-8-16(9-5-15)19(22)23/h4-11H,2-3,12-13H2,1H3,(H,20,21)(H,22,23). The predicted octanol–water partition coefficient (Wildman–Crippen LogP) is 2.68. The van der Waals surface area contributed by atoms with Crippen molar-refractivity contribution < 1.29 is 19.4 Å². The highest BCUT2D eigenvalue weighted by molar-refractivity contribution is 5.87. The molecule has 126 valence electrons. The fourth-order valence-electron chi connectivity index (χ4n) is 2.33. The molecule has 0 atom stereocenters. The minimum atomic E-state index is -0.968. The van der Waals surface area contributed by atoms with Crippen LogP contribution in [0.2, 0.25) is 0 Å². The molecule has 5 heteroatoms. The van der Waals surface area contributed by atoms with Gasteiger partial charge in [-0.3, -0.25) is 4.79 Å². The molecule has 2 aromatic carbocycles. The highest BCUT2D eigenvalue weighted by Gasteiger charge is 2.05. The van der Waals surface area contributed by atoms with Crippen LogP contribution in [-0.4, -0.2) is 30.6 Å². The summed E-state index contributed by atoms with van der Waals surface area (Å²) in [7, 11) is 1.64. The zero-order valence-electron chi connectivity index (χ0n) is 13.6. The average molecular weight is 327 g/mol. The number of hydrogen-bond donors (Lipinski definition) is 2. The molecule has 2 N–H and O–H groups in total. The van der Waals surface area contributed by atoms with Crippen LogP contribution >= 0.6 is 0 Å². The second-order valence-corrected chi connectivity index (χ2v) is 5.48. The Hall–Kier alpha value is -2.82. The molecule has 5 nitrogen and oxygen atoms in total. The highest BCUT2D eigenvalue weighted by atomic mass is 16.5. The van der Waals surface area contributed by atoms with Gasteiger partial charge in [-0.25, -0.2) is 4.79 Å². The van der Waals surface area contributed by atoms with Crippen molar-refractivity contribution in [3.05, 3.63) is 65.2 Å². The molecular weight excluding hydrogens is 306 g/mol. The maximum atomic E-state index is 11.9. The fraction of sp³-hybridized carbons (Fsp3) is 0.263. The minimum absolute atomic E-state index is 0.0622. The van der Waals surface area contributed by atoms with Gasteiger partial charge in [-0.1, -0.05) is 24.3 Å². The number of ether oxygens (including phenoxy) is 1. The number of aryl methyl sites for hydroxylation is 1. The van der Waals surface area contributed by atoms with Crippen LogP contribution in [-0.2, 0) is 17.6 Å². The molecule has 0 unspecified atom stereocenters. The van der Waals surface area contributed by atoms with Crippen molar-refractivity contribution in [2.24, 2.45) is 0 Å². The Bertz CT molecular complexity index is 678. The number of carbonyl (C=O) groups is 2. The van der Waals surface area contributed by atoms with Crippen molar-refractivity contribution in [2.75, 3.05) is 13.7 Å². The third-order valence-corrected chi connectivity index (χ3v) is 3.69. The number of methoxy groups -OCH3 is 1. The summed E-state index contributed by atoms with van der Waals surface area (Å²) in [5.74, 6) is -0.196. The van der Waals surface area contributed by atoms with Gasteiger partial charge in [-0.2, -0.15) is 0 Å². The Balaban J connectivity index is 1.69. The molecule has 0 bridgehead atoms. The molecular formula is C19H21NO4. The van der Waals surface area contributed by atoms with Gasteiger partial charge in [0.1, 0.15) is 5.75 Å². The van der Waals surface area contributed by atoms with E-state index in [1.807, 2.05) is 24.3 Å². The molecule has 2 aromatic rings. The van der Waals surface area contributed by atoms with Gasteiger partial charge in [0.25, 0.3) is 0 Å². The number of rotatable bonds is 8. The third kappa shape index (κ3) is 5.43. The molecule has 0 radical (unpaired) electrons. The lowest BCUT2D eigenvalue weighted by Crippen LogP contribution is -2.26. The topological polar surface area (TPSA) is 75.6 Å². The molecule has 0 spiro atoms. The second kappa shape index (κ2) is 8.72. The van der Waals surface area contributed by atoms with Crippen LogP contribution in [0.15, 0.2) is 48.5 Å². The molecule has 0 saturated carbocycles. The Morgan fingerprint density at radius 3 is 2.21 bits per heavy atom. The fourth-order valence-corrected chi connectivity index (χ4v) is 2.33. The third-order valence-electron chi connectivity index (χ3n) is 3.69. The van der Waals surface area contributed by atoms with Gasteiger partial charge in [0, 0.05) is 6.54 Å². The van der Waals surface area contributed by atoms with Crippen molar-refractivity contribution in [1.82, 2.24) is 5.32 Å². The first kappa shape index (κ1) is 17.5. The maximum absolute atomic E-state index is 11.9. The van der Waals surface area contributed by atoms with Crippen LogP contribution in [0.5, 0.6) is 5.75 Å². The van der Waals surface area contributed by atoms with Crippen LogP contribution in [0.1, 0.15) is 27.9 Å². The summed E-state index contributed by atoms with van der Waals surface area (Å²) < 4.78 is 5.11.